The van der Waals surface area contributed by atoms with Gasteiger partial charge in [-0.2, -0.15) is 0 Å². The summed E-state index contributed by atoms with van der Waals surface area (Å²) < 4.78 is 40.3. The van der Waals surface area contributed by atoms with E-state index >= 15 is 0 Å². The Kier molecular flexibility index (Phi) is 5.79. The summed E-state index contributed by atoms with van der Waals surface area (Å²) >= 11 is 0. The van der Waals surface area contributed by atoms with E-state index < -0.39 is 10.0 Å². The zero-order chi connectivity index (χ0) is 24.0. The Hall–Kier alpha value is -2.87. The fourth-order valence-electron chi connectivity index (χ4n) is 5.89. The number of hydrogen-bond acceptors (Lipinski definition) is 5. The SMILES string of the molecule is COc1ccc2ccccc2c1C1Nc2ccc(S(=O)(=O)NCC3CCCO3)cc2C2C=CCC21. The molecule has 182 valence electrons. The molecule has 0 saturated carbocycles. The van der Waals surface area contributed by atoms with Gasteiger partial charge in [0.25, 0.3) is 0 Å². The highest BCUT2D eigenvalue weighted by Gasteiger charge is 2.40. The molecule has 0 aromatic heterocycles. The molecule has 3 aliphatic rings. The van der Waals surface area contributed by atoms with Gasteiger partial charge in [-0.1, -0.05) is 42.5 Å². The third-order valence-electron chi connectivity index (χ3n) is 7.63. The number of anilines is 1. The quantitative estimate of drug-likeness (QED) is 0.469. The normalized spacial score (nSPS) is 25.3. The standard InChI is InChI=1S/C28H30N2O4S/c1-33-26-14-11-18-6-2-3-8-21(18)27(26)28-23-10-4-9-22(23)24-16-20(12-13-25(24)30-28)35(31,32)29-17-19-7-5-15-34-19/h2-4,6,8-9,11-14,16,19,22-23,28-30H,5,7,10,15,17H2,1H3. The molecule has 0 amide bonds. The first-order valence-electron chi connectivity index (χ1n) is 12.3. The second-order valence-electron chi connectivity index (χ2n) is 9.61. The molecule has 6 rings (SSSR count). The van der Waals surface area contributed by atoms with E-state index in [-0.39, 0.29) is 24.0 Å². The Bertz CT molecular complexity index is 1400. The van der Waals surface area contributed by atoms with Crippen LogP contribution < -0.4 is 14.8 Å². The minimum absolute atomic E-state index is 0.0392. The topological polar surface area (TPSA) is 76.7 Å². The summed E-state index contributed by atoms with van der Waals surface area (Å²) in [5.74, 6) is 1.26. The number of rotatable bonds is 6. The van der Waals surface area contributed by atoms with Crippen LogP contribution in [0.2, 0.25) is 0 Å². The van der Waals surface area contributed by atoms with Gasteiger partial charge in [-0.25, -0.2) is 13.1 Å². The molecule has 1 saturated heterocycles. The van der Waals surface area contributed by atoms with Crippen LogP contribution in [0.25, 0.3) is 10.8 Å². The second-order valence-corrected chi connectivity index (χ2v) is 11.4. The van der Waals surface area contributed by atoms with E-state index in [1.807, 2.05) is 18.2 Å². The smallest absolute Gasteiger partial charge is 0.240 e. The molecule has 3 aromatic carbocycles. The minimum atomic E-state index is -3.62. The molecule has 0 bridgehead atoms. The number of ether oxygens (including phenoxy) is 2. The van der Waals surface area contributed by atoms with Crippen LogP contribution in [0.1, 0.15) is 42.3 Å². The third-order valence-corrected chi connectivity index (χ3v) is 9.05. The van der Waals surface area contributed by atoms with E-state index in [1.165, 1.54) is 10.8 Å². The first kappa shape index (κ1) is 22.6. The molecule has 0 radical (unpaired) electrons. The van der Waals surface area contributed by atoms with Crippen molar-refractivity contribution >= 4 is 26.5 Å². The summed E-state index contributed by atoms with van der Waals surface area (Å²) in [6.07, 6.45) is 7.20. The monoisotopic (exact) mass is 490 g/mol. The van der Waals surface area contributed by atoms with Gasteiger partial charge in [0, 0.05) is 30.3 Å². The molecule has 35 heavy (non-hydrogen) atoms. The molecule has 4 unspecified atom stereocenters. The molecule has 2 heterocycles. The number of sulfonamides is 1. The second kappa shape index (κ2) is 8.97. The van der Waals surface area contributed by atoms with Crippen molar-refractivity contribution < 1.29 is 17.9 Å². The van der Waals surface area contributed by atoms with Crippen molar-refractivity contribution in [3.63, 3.8) is 0 Å². The van der Waals surface area contributed by atoms with Crippen molar-refractivity contribution in [2.45, 2.75) is 42.2 Å². The van der Waals surface area contributed by atoms with E-state index in [9.17, 15) is 8.42 Å². The van der Waals surface area contributed by atoms with Crippen molar-refractivity contribution in [1.29, 1.82) is 0 Å². The third kappa shape index (κ3) is 4.01. The summed E-state index contributed by atoms with van der Waals surface area (Å²) in [6, 6.07) is 18.0. The number of hydrogen-bond donors (Lipinski definition) is 2. The predicted molar refractivity (Wildman–Crippen MR) is 137 cm³/mol. The zero-order valence-electron chi connectivity index (χ0n) is 19.7. The van der Waals surface area contributed by atoms with Gasteiger partial charge in [0.1, 0.15) is 5.75 Å². The Balaban J connectivity index is 1.36. The lowest BCUT2D eigenvalue weighted by atomic mass is 9.76. The molecule has 1 aliphatic carbocycles. The van der Waals surface area contributed by atoms with Crippen LogP contribution in [0.15, 0.2) is 71.6 Å². The highest BCUT2D eigenvalue weighted by Crippen LogP contribution is 2.52. The maximum Gasteiger partial charge on any atom is 0.240 e. The highest BCUT2D eigenvalue weighted by atomic mass is 32.2. The van der Waals surface area contributed by atoms with Crippen LogP contribution in [-0.4, -0.2) is 34.8 Å². The van der Waals surface area contributed by atoms with Crippen LogP contribution in [0.5, 0.6) is 5.75 Å². The number of nitrogens with one attached hydrogen (secondary N) is 2. The van der Waals surface area contributed by atoms with E-state index in [1.54, 1.807) is 13.2 Å². The molecule has 2 N–H and O–H groups in total. The molecule has 2 aliphatic heterocycles. The summed E-state index contributed by atoms with van der Waals surface area (Å²) in [7, 11) is -1.90. The van der Waals surface area contributed by atoms with Gasteiger partial charge in [0.15, 0.2) is 0 Å². The van der Waals surface area contributed by atoms with Crippen LogP contribution in [-0.2, 0) is 14.8 Å². The van der Waals surface area contributed by atoms with Gasteiger partial charge >= 0.3 is 0 Å². The van der Waals surface area contributed by atoms with Crippen LogP contribution in [0.3, 0.4) is 0 Å². The molecular formula is C28H30N2O4S. The summed E-state index contributed by atoms with van der Waals surface area (Å²) in [5, 5.41) is 6.11. The van der Waals surface area contributed by atoms with E-state index in [0.717, 1.165) is 41.8 Å². The van der Waals surface area contributed by atoms with Gasteiger partial charge in [-0.05, 0) is 65.8 Å². The molecule has 1 fully saturated rings. The fourth-order valence-corrected chi connectivity index (χ4v) is 6.99. The molecule has 7 heteroatoms. The number of fused-ring (bicyclic) bond motifs is 4. The number of allylic oxidation sites excluding steroid dienone is 2. The van der Waals surface area contributed by atoms with Gasteiger partial charge < -0.3 is 14.8 Å². The lowest BCUT2D eigenvalue weighted by Gasteiger charge is -2.38. The van der Waals surface area contributed by atoms with E-state index in [4.69, 9.17) is 9.47 Å². The van der Waals surface area contributed by atoms with Crippen molar-refractivity contribution in [1.82, 2.24) is 4.72 Å². The molecule has 0 spiro atoms. The minimum Gasteiger partial charge on any atom is -0.496 e. The molecule has 3 aromatic rings. The van der Waals surface area contributed by atoms with Gasteiger partial charge in [0.05, 0.1) is 24.2 Å². The average Bonchev–Trinajstić information content (AvgIpc) is 3.59. The molecule has 4 atom stereocenters. The van der Waals surface area contributed by atoms with Gasteiger partial charge in [0.2, 0.25) is 10.0 Å². The number of benzene rings is 3. The first-order valence-corrected chi connectivity index (χ1v) is 13.8. The van der Waals surface area contributed by atoms with Crippen molar-refractivity contribution in [2.24, 2.45) is 5.92 Å². The Labute approximate surface area is 206 Å². The van der Waals surface area contributed by atoms with Crippen molar-refractivity contribution in [2.75, 3.05) is 25.6 Å². The Morgan fingerprint density at radius 1 is 1.14 bits per heavy atom. The molecule has 6 nitrogen and oxygen atoms in total. The van der Waals surface area contributed by atoms with Gasteiger partial charge in [-0.3, -0.25) is 0 Å². The fraction of sp³-hybridized carbons (Fsp3) is 0.357. The summed E-state index contributed by atoms with van der Waals surface area (Å²) in [6.45, 7) is 1.02. The van der Waals surface area contributed by atoms with E-state index in [0.29, 0.717) is 18.0 Å². The zero-order valence-corrected chi connectivity index (χ0v) is 20.6. The van der Waals surface area contributed by atoms with E-state index in [2.05, 4.69) is 52.5 Å². The first-order chi connectivity index (χ1) is 17.0. The van der Waals surface area contributed by atoms with Crippen LogP contribution in [0.4, 0.5) is 5.69 Å². The molecular weight excluding hydrogens is 460 g/mol. The highest BCUT2D eigenvalue weighted by molar-refractivity contribution is 7.89. The lowest BCUT2D eigenvalue weighted by molar-refractivity contribution is 0.114. The van der Waals surface area contributed by atoms with Crippen LogP contribution in [0, 0.1) is 5.92 Å². The summed E-state index contributed by atoms with van der Waals surface area (Å²) in [5.41, 5.74) is 3.15. The van der Waals surface area contributed by atoms with Crippen molar-refractivity contribution in [3.8, 4) is 5.75 Å². The van der Waals surface area contributed by atoms with Crippen LogP contribution >= 0.6 is 0 Å². The van der Waals surface area contributed by atoms with Crippen molar-refractivity contribution in [3.05, 3.63) is 77.9 Å². The predicted octanol–water partition coefficient (Wildman–Crippen LogP) is 5.13. The summed E-state index contributed by atoms with van der Waals surface area (Å²) in [4.78, 5) is 0.302. The lowest BCUT2D eigenvalue weighted by Crippen LogP contribution is -2.32. The Morgan fingerprint density at radius 3 is 2.86 bits per heavy atom. The maximum atomic E-state index is 13.1. The Morgan fingerprint density at radius 2 is 2.03 bits per heavy atom. The average molecular weight is 491 g/mol. The maximum absolute atomic E-state index is 13.1. The largest absolute Gasteiger partial charge is 0.496 e. The van der Waals surface area contributed by atoms with Gasteiger partial charge in [-0.15, -0.1) is 0 Å². The number of methoxy groups -OCH3 is 1.